The minimum atomic E-state index is -0.442. The Kier molecular flexibility index (Phi) is 4.41. The lowest BCUT2D eigenvalue weighted by Gasteiger charge is -2.54. The summed E-state index contributed by atoms with van der Waals surface area (Å²) in [6, 6.07) is 0. The standard InChI is InChI=1S/C16H23IN4O2/c1-15(2,3)23-14(22)20-6-4-5-16(9-20)10-21(11-16)13-18-7-12(17)8-19-13/h7-8H,4-6,9-11H2,1-3H3. The van der Waals surface area contributed by atoms with Crippen LogP contribution in [-0.2, 0) is 4.74 Å². The Morgan fingerprint density at radius 3 is 2.52 bits per heavy atom. The van der Waals surface area contributed by atoms with E-state index in [0.29, 0.717) is 0 Å². The molecule has 3 rings (SSSR count). The van der Waals surface area contributed by atoms with Crippen molar-refractivity contribution in [1.82, 2.24) is 14.9 Å². The number of hydrogen-bond acceptors (Lipinski definition) is 5. The lowest BCUT2D eigenvalue weighted by Crippen LogP contribution is -2.64. The van der Waals surface area contributed by atoms with Gasteiger partial charge in [0.15, 0.2) is 0 Å². The van der Waals surface area contributed by atoms with Crippen LogP contribution in [0.3, 0.4) is 0 Å². The van der Waals surface area contributed by atoms with Crippen LogP contribution in [0.15, 0.2) is 12.4 Å². The second kappa shape index (κ2) is 6.07. The molecule has 2 aliphatic heterocycles. The predicted molar refractivity (Wildman–Crippen MR) is 96.4 cm³/mol. The molecule has 1 amide bonds. The van der Waals surface area contributed by atoms with Crippen LogP contribution in [0.5, 0.6) is 0 Å². The molecule has 1 aromatic rings. The molecule has 6 nitrogen and oxygen atoms in total. The molecule has 0 N–H and O–H groups in total. The summed E-state index contributed by atoms with van der Waals surface area (Å²) in [6.07, 6.45) is 5.65. The second-order valence-electron chi connectivity index (χ2n) is 7.56. The van der Waals surface area contributed by atoms with Gasteiger partial charge in [0, 0.05) is 47.6 Å². The molecule has 1 aromatic heterocycles. The van der Waals surface area contributed by atoms with E-state index in [1.165, 1.54) is 0 Å². The third-order valence-electron chi connectivity index (χ3n) is 4.26. The van der Waals surface area contributed by atoms with E-state index in [4.69, 9.17) is 4.74 Å². The maximum atomic E-state index is 12.3. The smallest absolute Gasteiger partial charge is 0.410 e. The van der Waals surface area contributed by atoms with Gasteiger partial charge in [0.2, 0.25) is 5.95 Å². The van der Waals surface area contributed by atoms with Gasteiger partial charge in [-0.05, 0) is 56.2 Å². The summed E-state index contributed by atoms with van der Waals surface area (Å²) in [5, 5.41) is 0. The molecule has 0 aromatic carbocycles. The summed E-state index contributed by atoms with van der Waals surface area (Å²) in [7, 11) is 0. The van der Waals surface area contributed by atoms with Crippen molar-refractivity contribution < 1.29 is 9.53 Å². The van der Waals surface area contributed by atoms with Gasteiger partial charge in [-0.1, -0.05) is 0 Å². The first-order valence-corrected chi connectivity index (χ1v) is 9.05. The van der Waals surface area contributed by atoms with E-state index in [1.807, 2.05) is 38.1 Å². The average Bonchev–Trinajstić information content (AvgIpc) is 2.44. The number of anilines is 1. The van der Waals surface area contributed by atoms with Crippen LogP contribution in [0, 0.1) is 8.99 Å². The molecular weight excluding hydrogens is 407 g/mol. The van der Waals surface area contributed by atoms with Gasteiger partial charge in [0.05, 0.1) is 0 Å². The summed E-state index contributed by atoms with van der Waals surface area (Å²) in [5.74, 6) is 0.783. The van der Waals surface area contributed by atoms with Crippen LogP contribution >= 0.6 is 22.6 Å². The van der Waals surface area contributed by atoms with Gasteiger partial charge in [-0.3, -0.25) is 0 Å². The van der Waals surface area contributed by atoms with Crippen molar-refractivity contribution in [2.24, 2.45) is 5.41 Å². The van der Waals surface area contributed by atoms with E-state index in [-0.39, 0.29) is 11.5 Å². The predicted octanol–water partition coefficient (Wildman–Crippen LogP) is 2.92. The van der Waals surface area contributed by atoms with Gasteiger partial charge in [0.1, 0.15) is 5.60 Å². The molecule has 2 aliphatic rings. The Morgan fingerprint density at radius 1 is 1.26 bits per heavy atom. The molecule has 0 unspecified atom stereocenters. The van der Waals surface area contributed by atoms with Crippen molar-refractivity contribution in [3.8, 4) is 0 Å². The van der Waals surface area contributed by atoms with Gasteiger partial charge < -0.3 is 14.5 Å². The van der Waals surface area contributed by atoms with Crippen LogP contribution in [0.2, 0.25) is 0 Å². The lowest BCUT2D eigenvalue weighted by molar-refractivity contribution is -0.00165. The molecule has 0 radical (unpaired) electrons. The minimum Gasteiger partial charge on any atom is -0.444 e. The van der Waals surface area contributed by atoms with E-state index in [9.17, 15) is 4.79 Å². The Balaban J connectivity index is 1.59. The van der Waals surface area contributed by atoms with Crippen LogP contribution in [0.25, 0.3) is 0 Å². The Labute approximate surface area is 150 Å². The fraction of sp³-hybridized carbons (Fsp3) is 0.688. The summed E-state index contributed by atoms with van der Waals surface area (Å²) in [5.41, 5.74) is -0.274. The van der Waals surface area contributed by atoms with Gasteiger partial charge in [-0.2, -0.15) is 0 Å². The molecule has 23 heavy (non-hydrogen) atoms. The minimum absolute atomic E-state index is 0.168. The van der Waals surface area contributed by atoms with Crippen molar-refractivity contribution in [3.63, 3.8) is 0 Å². The molecule has 0 aliphatic carbocycles. The first kappa shape index (κ1) is 16.7. The van der Waals surface area contributed by atoms with Gasteiger partial charge in [-0.25, -0.2) is 14.8 Å². The van der Waals surface area contributed by atoms with Crippen molar-refractivity contribution in [2.45, 2.75) is 39.2 Å². The fourth-order valence-electron chi connectivity index (χ4n) is 3.32. The molecule has 1 spiro atoms. The number of ether oxygens (including phenoxy) is 1. The fourth-order valence-corrected chi connectivity index (χ4v) is 3.60. The maximum absolute atomic E-state index is 12.3. The Hall–Kier alpha value is -1.12. The highest BCUT2D eigenvalue weighted by atomic mass is 127. The van der Waals surface area contributed by atoms with E-state index in [2.05, 4.69) is 37.5 Å². The van der Waals surface area contributed by atoms with Crippen molar-refractivity contribution in [2.75, 3.05) is 31.1 Å². The van der Waals surface area contributed by atoms with E-state index in [1.54, 1.807) is 0 Å². The number of likely N-dealkylation sites (tertiary alicyclic amines) is 1. The SMILES string of the molecule is CC(C)(C)OC(=O)N1CCCC2(C1)CN(c1ncc(I)cn1)C2. The van der Waals surface area contributed by atoms with Gasteiger partial charge in [0.25, 0.3) is 0 Å². The highest BCUT2D eigenvalue weighted by molar-refractivity contribution is 14.1. The third kappa shape index (κ3) is 3.87. The molecular formula is C16H23IN4O2. The molecule has 0 bridgehead atoms. The summed E-state index contributed by atoms with van der Waals surface area (Å²) >= 11 is 2.21. The number of aromatic nitrogens is 2. The number of carbonyl (C=O) groups is 1. The molecule has 126 valence electrons. The monoisotopic (exact) mass is 430 g/mol. The Morgan fingerprint density at radius 2 is 1.91 bits per heavy atom. The Bertz CT molecular complexity index is 579. The van der Waals surface area contributed by atoms with Crippen molar-refractivity contribution in [1.29, 1.82) is 0 Å². The first-order chi connectivity index (χ1) is 10.8. The van der Waals surface area contributed by atoms with E-state index < -0.39 is 5.60 Å². The van der Waals surface area contributed by atoms with Crippen LogP contribution < -0.4 is 4.90 Å². The molecule has 2 fully saturated rings. The quantitative estimate of drug-likeness (QED) is 0.642. The zero-order valence-corrected chi connectivity index (χ0v) is 16.0. The number of amides is 1. The number of hydrogen-bond donors (Lipinski definition) is 0. The number of piperidine rings is 1. The number of nitrogens with zero attached hydrogens (tertiary/aromatic N) is 4. The first-order valence-electron chi connectivity index (χ1n) is 7.97. The molecule has 0 atom stereocenters. The zero-order chi connectivity index (χ0) is 16.7. The number of carbonyl (C=O) groups excluding carboxylic acids is 1. The van der Waals surface area contributed by atoms with E-state index >= 15 is 0 Å². The molecule has 0 saturated carbocycles. The maximum Gasteiger partial charge on any atom is 0.410 e. The van der Waals surface area contributed by atoms with Gasteiger partial charge in [-0.15, -0.1) is 0 Å². The normalized spacial score (nSPS) is 20.3. The van der Waals surface area contributed by atoms with E-state index in [0.717, 1.165) is 48.5 Å². The summed E-state index contributed by atoms with van der Waals surface area (Å²) in [6.45, 7) is 9.09. The van der Waals surface area contributed by atoms with Crippen molar-refractivity contribution >= 4 is 34.6 Å². The third-order valence-corrected chi connectivity index (χ3v) is 4.81. The van der Waals surface area contributed by atoms with Gasteiger partial charge >= 0.3 is 6.09 Å². The largest absolute Gasteiger partial charge is 0.444 e. The summed E-state index contributed by atoms with van der Waals surface area (Å²) < 4.78 is 6.55. The number of halogens is 1. The lowest BCUT2D eigenvalue weighted by atomic mass is 9.73. The second-order valence-corrected chi connectivity index (χ2v) is 8.81. The van der Waals surface area contributed by atoms with Crippen LogP contribution in [-0.4, -0.2) is 52.7 Å². The van der Waals surface area contributed by atoms with Crippen LogP contribution in [0.4, 0.5) is 10.7 Å². The molecule has 7 heteroatoms. The summed E-state index contributed by atoms with van der Waals surface area (Å²) in [4.78, 5) is 25.1. The molecule has 3 heterocycles. The highest BCUT2D eigenvalue weighted by Gasteiger charge is 2.47. The molecule has 2 saturated heterocycles. The number of rotatable bonds is 1. The topological polar surface area (TPSA) is 58.6 Å². The highest BCUT2D eigenvalue weighted by Crippen LogP contribution is 2.40. The van der Waals surface area contributed by atoms with Crippen LogP contribution in [0.1, 0.15) is 33.6 Å². The van der Waals surface area contributed by atoms with Crippen molar-refractivity contribution in [3.05, 3.63) is 16.0 Å². The average molecular weight is 430 g/mol. The zero-order valence-electron chi connectivity index (χ0n) is 13.9.